The summed E-state index contributed by atoms with van der Waals surface area (Å²) < 4.78 is 0. The molecule has 1 aliphatic rings. The summed E-state index contributed by atoms with van der Waals surface area (Å²) in [4.78, 5) is 0. The molecule has 0 spiro atoms. The molecule has 0 amide bonds. The fourth-order valence-electron chi connectivity index (χ4n) is 0.304. The van der Waals surface area contributed by atoms with Gasteiger partial charge in [0.2, 0.25) is 0 Å². The van der Waals surface area contributed by atoms with Gasteiger partial charge in [0.25, 0.3) is 0 Å². The van der Waals surface area contributed by atoms with Gasteiger partial charge in [-0.3, -0.25) is 0 Å². The Labute approximate surface area is 53.1 Å². The van der Waals surface area contributed by atoms with Crippen LogP contribution in [0.1, 0.15) is 7.85 Å². The molecule has 0 saturated carbocycles. The van der Waals surface area contributed by atoms with Gasteiger partial charge in [-0.1, -0.05) is 20.1 Å². The summed E-state index contributed by atoms with van der Waals surface area (Å²) >= 11 is 0. The first-order valence-electron chi connectivity index (χ1n) is 1.67. The molecule has 1 heterocycles. The van der Waals surface area contributed by atoms with Crippen molar-refractivity contribution in [3.05, 3.63) is 11.9 Å². The van der Waals surface area contributed by atoms with E-state index >= 15 is 0 Å². The Morgan fingerprint density at radius 2 is 2.50 bits per heavy atom. The molecule has 0 radical (unpaired) electrons. The molecule has 6 heavy (non-hydrogen) atoms. The Kier molecular flexibility index (Phi) is 4.00. The van der Waals surface area contributed by atoms with Crippen LogP contribution in [0, 0.1) is 0 Å². The van der Waals surface area contributed by atoms with Gasteiger partial charge in [-0.15, -0.1) is 0 Å². The first-order chi connectivity index (χ1) is 2.50. The summed E-state index contributed by atoms with van der Waals surface area (Å²) in [6.07, 6.45) is 3.35. The largest absolute Gasteiger partial charge is 1.00 e. The molecule has 0 bridgehead atoms. The van der Waals surface area contributed by atoms with Crippen molar-refractivity contribution in [2.45, 2.75) is 6.42 Å². The minimum absolute atomic E-state index is 0. The van der Waals surface area contributed by atoms with Gasteiger partial charge >= 0.3 is 18.9 Å². The smallest absolute Gasteiger partial charge is 1.00 e. The third-order valence-corrected chi connectivity index (χ3v) is 1.34. The second kappa shape index (κ2) is 3.69. The van der Waals surface area contributed by atoms with Crippen LogP contribution in [0.3, 0.4) is 0 Å². The van der Waals surface area contributed by atoms with Crippen LogP contribution in [0.5, 0.6) is 0 Å². The second-order valence-corrected chi connectivity index (χ2v) is 1.91. The molecule has 0 aromatic carbocycles. The van der Waals surface area contributed by atoms with Gasteiger partial charge in [-0.2, -0.15) is 0 Å². The van der Waals surface area contributed by atoms with Crippen molar-refractivity contribution < 1.29 is 20.3 Å². The van der Waals surface area contributed by atoms with E-state index in [1.165, 1.54) is 14.6 Å². The average molecular weight is 92.0 g/mol. The fraction of sp³-hybridized carbons (Fsp3) is 0.250. The SMILES string of the molecule is C1=CP=CC1.[H-].[Li+]. The Morgan fingerprint density at radius 1 is 1.67 bits per heavy atom. The number of hydrogen-bond donors (Lipinski definition) is 0. The van der Waals surface area contributed by atoms with E-state index in [4.69, 9.17) is 0 Å². The molecular formula is C4H6LiP. The summed E-state index contributed by atoms with van der Waals surface area (Å²) in [6, 6.07) is 0. The van der Waals surface area contributed by atoms with E-state index in [1.54, 1.807) is 0 Å². The topological polar surface area (TPSA) is 0 Å². The van der Waals surface area contributed by atoms with Crippen LogP contribution in [-0.2, 0) is 0 Å². The molecule has 1 rings (SSSR count). The van der Waals surface area contributed by atoms with Crippen LogP contribution in [0.2, 0.25) is 0 Å². The molecular weight excluding hydrogens is 86.0 g/mol. The molecule has 28 valence electrons. The van der Waals surface area contributed by atoms with Crippen molar-refractivity contribution in [2.24, 2.45) is 0 Å². The van der Waals surface area contributed by atoms with Crippen LogP contribution in [-0.4, -0.2) is 5.80 Å². The molecule has 0 saturated heterocycles. The van der Waals surface area contributed by atoms with Gasteiger partial charge in [-0.05, 0) is 12.2 Å². The van der Waals surface area contributed by atoms with E-state index in [1.807, 2.05) is 0 Å². The van der Waals surface area contributed by atoms with E-state index in [0.29, 0.717) is 0 Å². The molecule has 0 aromatic heterocycles. The molecule has 0 nitrogen and oxygen atoms in total. The van der Waals surface area contributed by atoms with Crippen molar-refractivity contribution in [1.82, 2.24) is 0 Å². The monoisotopic (exact) mass is 92.0 g/mol. The van der Waals surface area contributed by atoms with Gasteiger partial charge in [-0.25, -0.2) is 0 Å². The van der Waals surface area contributed by atoms with Crippen molar-refractivity contribution in [2.75, 3.05) is 0 Å². The number of hydrogen-bond acceptors (Lipinski definition) is 0. The predicted octanol–water partition coefficient (Wildman–Crippen LogP) is -1.23. The number of allylic oxidation sites excluding steroid dienone is 1. The zero-order valence-corrected chi connectivity index (χ0v) is 4.78. The van der Waals surface area contributed by atoms with Crippen molar-refractivity contribution in [1.29, 1.82) is 0 Å². The maximum absolute atomic E-state index is 2.22. The normalized spacial score (nSPS) is 17.3. The Bertz CT molecular complexity index is 69.8. The van der Waals surface area contributed by atoms with Crippen LogP contribution >= 0.6 is 8.20 Å². The van der Waals surface area contributed by atoms with E-state index in [0.717, 1.165) is 0 Å². The number of rotatable bonds is 0. The van der Waals surface area contributed by atoms with Gasteiger partial charge in [0.15, 0.2) is 0 Å². The Balaban J connectivity index is 0. The molecule has 0 atom stereocenters. The zero-order chi connectivity index (χ0) is 3.54. The minimum Gasteiger partial charge on any atom is -1.00 e. The molecule has 1 aliphatic heterocycles. The standard InChI is InChI=1S/C4H5P.Li.H/c1-2-4-5-3-1;;/h1,3-4H,2H2;;/q;+1;-1. The summed E-state index contributed by atoms with van der Waals surface area (Å²) in [5.41, 5.74) is 0. The van der Waals surface area contributed by atoms with E-state index < -0.39 is 0 Å². The second-order valence-electron chi connectivity index (χ2n) is 0.952. The third-order valence-electron chi connectivity index (χ3n) is 0.538. The predicted molar refractivity (Wildman–Crippen MR) is 27.9 cm³/mol. The van der Waals surface area contributed by atoms with Crippen molar-refractivity contribution in [3.8, 4) is 0 Å². The van der Waals surface area contributed by atoms with Crippen LogP contribution in [0.25, 0.3) is 0 Å². The van der Waals surface area contributed by atoms with Gasteiger partial charge in [0, 0.05) is 0 Å². The third kappa shape index (κ3) is 1.83. The first-order valence-corrected chi connectivity index (χ1v) is 2.70. The van der Waals surface area contributed by atoms with E-state index in [9.17, 15) is 0 Å². The van der Waals surface area contributed by atoms with Gasteiger partial charge < -0.3 is 1.43 Å². The van der Waals surface area contributed by atoms with Gasteiger partial charge in [0.05, 0.1) is 0 Å². The molecule has 0 fully saturated rings. The molecule has 0 unspecified atom stereocenters. The van der Waals surface area contributed by atoms with Crippen molar-refractivity contribution >= 4 is 14.0 Å². The fourth-order valence-corrected chi connectivity index (χ4v) is 0.913. The molecule has 0 aromatic rings. The summed E-state index contributed by atoms with van der Waals surface area (Å²) in [7, 11) is 1.39. The molecule has 0 N–H and O–H groups in total. The Hall–Kier alpha value is 0.507. The Morgan fingerprint density at radius 3 is 2.67 bits per heavy atom. The zero-order valence-electron chi connectivity index (χ0n) is 4.89. The van der Waals surface area contributed by atoms with Crippen LogP contribution < -0.4 is 18.9 Å². The average Bonchev–Trinajstić information content (AvgIpc) is 1.76. The first kappa shape index (κ1) is 6.51. The summed E-state index contributed by atoms with van der Waals surface area (Å²) in [5.74, 6) is 4.38. The maximum atomic E-state index is 2.22. The van der Waals surface area contributed by atoms with E-state index in [-0.39, 0.29) is 20.3 Å². The van der Waals surface area contributed by atoms with Crippen LogP contribution in [0.4, 0.5) is 0 Å². The van der Waals surface area contributed by atoms with Crippen molar-refractivity contribution in [3.63, 3.8) is 0 Å². The molecule has 2 heteroatoms. The van der Waals surface area contributed by atoms with Gasteiger partial charge in [0.1, 0.15) is 0 Å². The minimum atomic E-state index is 0. The van der Waals surface area contributed by atoms with Crippen LogP contribution in [0.15, 0.2) is 11.9 Å². The maximum Gasteiger partial charge on any atom is 1.00 e. The quantitative estimate of drug-likeness (QED) is 0.259. The van der Waals surface area contributed by atoms with E-state index in [2.05, 4.69) is 17.7 Å². The molecule has 0 aliphatic carbocycles. The summed E-state index contributed by atoms with van der Waals surface area (Å²) in [5, 5.41) is 0. The summed E-state index contributed by atoms with van der Waals surface area (Å²) in [6.45, 7) is 0.